The molecule has 0 radical (unpaired) electrons. The molecular weight excluding hydrogens is 358 g/mol. The standard InChI is InChI=1S/C17H22ClN5O3/c1-11-21-22-16(25)23(11)14-8-12(13(18)9-19-14)15(24)20-10-17(26)6-4-2-3-5-7-17/h8-9,26H,2-7,10H2,1H3,(H,20,24)(H,22,25). The Morgan fingerprint density at radius 3 is 2.69 bits per heavy atom. The number of aromatic amines is 1. The van der Waals surface area contributed by atoms with E-state index in [1.54, 1.807) is 6.92 Å². The highest BCUT2D eigenvalue weighted by molar-refractivity contribution is 6.33. The van der Waals surface area contributed by atoms with Crippen molar-refractivity contribution in [3.63, 3.8) is 0 Å². The first kappa shape index (κ1) is 18.6. The summed E-state index contributed by atoms with van der Waals surface area (Å²) in [5, 5.41) is 19.8. The molecule has 0 aliphatic heterocycles. The number of halogens is 1. The molecule has 1 amide bonds. The number of aromatic nitrogens is 4. The Kier molecular flexibility index (Phi) is 5.43. The maximum Gasteiger partial charge on any atom is 0.349 e. The van der Waals surface area contributed by atoms with E-state index in [1.165, 1.54) is 16.8 Å². The Bertz CT molecular complexity index is 852. The lowest BCUT2D eigenvalue weighted by molar-refractivity contribution is 0.0246. The van der Waals surface area contributed by atoms with E-state index in [2.05, 4.69) is 20.5 Å². The van der Waals surface area contributed by atoms with Gasteiger partial charge in [0, 0.05) is 12.7 Å². The molecule has 8 nitrogen and oxygen atoms in total. The Hall–Kier alpha value is -2.19. The molecule has 140 valence electrons. The molecule has 2 heterocycles. The van der Waals surface area contributed by atoms with Crippen LogP contribution < -0.4 is 11.0 Å². The van der Waals surface area contributed by atoms with Crippen LogP contribution in [0.1, 0.15) is 54.7 Å². The lowest BCUT2D eigenvalue weighted by atomic mass is 9.94. The van der Waals surface area contributed by atoms with Crippen LogP contribution in [0.15, 0.2) is 17.1 Å². The van der Waals surface area contributed by atoms with E-state index >= 15 is 0 Å². The zero-order valence-electron chi connectivity index (χ0n) is 14.6. The minimum Gasteiger partial charge on any atom is -0.388 e. The van der Waals surface area contributed by atoms with Crippen molar-refractivity contribution in [2.24, 2.45) is 0 Å². The predicted octanol–water partition coefficient (Wildman–Crippen LogP) is 1.73. The van der Waals surface area contributed by atoms with Crippen molar-refractivity contribution >= 4 is 17.5 Å². The zero-order valence-corrected chi connectivity index (χ0v) is 15.3. The van der Waals surface area contributed by atoms with Crippen molar-refractivity contribution in [2.75, 3.05) is 6.54 Å². The monoisotopic (exact) mass is 379 g/mol. The van der Waals surface area contributed by atoms with Gasteiger partial charge in [0.15, 0.2) is 0 Å². The van der Waals surface area contributed by atoms with Gasteiger partial charge in [0.1, 0.15) is 11.6 Å². The molecule has 1 saturated carbocycles. The minimum atomic E-state index is -0.882. The van der Waals surface area contributed by atoms with Crippen LogP contribution >= 0.6 is 11.6 Å². The van der Waals surface area contributed by atoms with Crippen molar-refractivity contribution in [3.05, 3.63) is 39.2 Å². The highest BCUT2D eigenvalue weighted by atomic mass is 35.5. The molecule has 0 atom stereocenters. The van der Waals surface area contributed by atoms with Crippen LogP contribution in [-0.4, -0.2) is 42.9 Å². The number of nitrogens with one attached hydrogen (secondary N) is 2. The van der Waals surface area contributed by atoms with Gasteiger partial charge in [0.25, 0.3) is 5.91 Å². The molecular formula is C17H22ClN5O3. The summed E-state index contributed by atoms with van der Waals surface area (Å²) in [7, 11) is 0. The topological polar surface area (TPSA) is 113 Å². The van der Waals surface area contributed by atoms with Crippen molar-refractivity contribution in [2.45, 2.75) is 51.0 Å². The highest BCUT2D eigenvalue weighted by Crippen LogP contribution is 2.26. The highest BCUT2D eigenvalue weighted by Gasteiger charge is 2.29. The molecule has 3 rings (SSSR count). The summed E-state index contributed by atoms with van der Waals surface area (Å²) < 4.78 is 1.26. The average molecular weight is 380 g/mol. The van der Waals surface area contributed by atoms with E-state index in [4.69, 9.17) is 11.6 Å². The van der Waals surface area contributed by atoms with E-state index in [9.17, 15) is 14.7 Å². The number of aliphatic hydroxyl groups is 1. The summed E-state index contributed by atoms with van der Waals surface area (Å²) in [4.78, 5) is 28.5. The SMILES string of the molecule is Cc1n[nH]c(=O)n1-c1cc(C(=O)NCC2(O)CCCCCC2)c(Cl)cn1. The van der Waals surface area contributed by atoms with Gasteiger partial charge in [-0.15, -0.1) is 0 Å². The molecule has 9 heteroatoms. The quantitative estimate of drug-likeness (QED) is 0.700. The van der Waals surface area contributed by atoms with Gasteiger partial charge in [0.2, 0.25) is 0 Å². The molecule has 0 saturated heterocycles. The molecule has 3 N–H and O–H groups in total. The van der Waals surface area contributed by atoms with Crippen LogP contribution in [0.3, 0.4) is 0 Å². The summed E-state index contributed by atoms with van der Waals surface area (Å²) in [5.41, 5.74) is -1.13. The largest absolute Gasteiger partial charge is 0.388 e. The first-order valence-corrected chi connectivity index (χ1v) is 9.08. The van der Waals surface area contributed by atoms with Crippen molar-refractivity contribution < 1.29 is 9.90 Å². The van der Waals surface area contributed by atoms with E-state index in [1.807, 2.05) is 0 Å². The Morgan fingerprint density at radius 2 is 2.08 bits per heavy atom. The molecule has 0 aromatic carbocycles. The third-order valence-electron chi connectivity index (χ3n) is 4.77. The van der Waals surface area contributed by atoms with Crippen LogP contribution in [0, 0.1) is 6.92 Å². The first-order valence-electron chi connectivity index (χ1n) is 8.70. The molecule has 2 aromatic heterocycles. The van der Waals surface area contributed by atoms with Crippen LogP contribution in [0.25, 0.3) is 5.82 Å². The van der Waals surface area contributed by atoms with Gasteiger partial charge in [-0.25, -0.2) is 19.4 Å². The maximum atomic E-state index is 12.6. The summed E-state index contributed by atoms with van der Waals surface area (Å²) in [6.45, 7) is 1.82. The molecule has 1 fully saturated rings. The summed E-state index contributed by atoms with van der Waals surface area (Å²) in [5.74, 6) is 0.262. The summed E-state index contributed by atoms with van der Waals surface area (Å²) in [6, 6.07) is 1.44. The lowest BCUT2D eigenvalue weighted by Gasteiger charge is -2.26. The number of hydrogen-bond acceptors (Lipinski definition) is 5. The van der Waals surface area contributed by atoms with Crippen LogP contribution in [-0.2, 0) is 0 Å². The van der Waals surface area contributed by atoms with Gasteiger partial charge < -0.3 is 10.4 Å². The second-order valence-electron chi connectivity index (χ2n) is 6.75. The number of rotatable bonds is 4. The Labute approximate surface area is 155 Å². The number of hydrogen-bond donors (Lipinski definition) is 3. The van der Waals surface area contributed by atoms with E-state index in [0.29, 0.717) is 18.7 Å². The van der Waals surface area contributed by atoms with Gasteiger partial charge in [-0.3, -0.25) is 4.79 Å². The van der Waals surface area contributed by atoms with Gasteiger partial charge in [-0.2, -0.15) is 5.10 Å². The Morgan fingerprint density at radius 1 is 1.38 bits per heavy atom. The van der Waals surface area contributed by atoms with Crippen molar-refractivity contribution in [3.8, 4) is 5.82 Å². The number of pyridine rings is 1. The van der Waals surface area contributed by atoms with E-state index in [0.717, 1.165) is 25.7 Å². The molecule has 0 unspecified atom stereocenters. The van der Waals surface area contributed by atoms with Gasteiger partial charge in [-0.05, 0) is 25.8 Å². The first-order chi connectivity index (χ1) is 12.4. The van der Waals surface area contributed by atoms with Crippen LogP contribution in [0.2, 0.25) is 5.02 Å². The van der Waals surface area contributed by atoms with Gasteiger partial charge >= 0.3 is 5.69 Å². The normalized spacial score (nSPS) is 16.9. The lowest BCUT2D eigenvalue weighted by Crippen LogP contribution is -2.42. The van der Waals surface area contributed by atoms with E-state index < -0.39 is 17.2 Å². The molecule has 1 aliphatic rings. The number of amides is 1. The van der Waals surface area contributed by atoms with Crippen molar-refractivity contribution in [1.82, 2.24) is 25.1 Å². The average Bonchev–Trinajstić information content (AvgIpc) is 2.81. The fourth-order valence-corrected chi connectivity index (χ4v) is 3.46. The van der Waals surface area contributed by atoms with Crippen LogP contribution in [0.4, 0.5) is 0 Å². The number of carbonyl (C=O) groups is 1. The smallest absolute Gasteiger partial charge is 0.349 e. The minimum absolute atomic E-state index is 0.171. The second kappa shape index (κ2) is 7.59. The fourth-order valence-electron chi connectivity index (χ4n) is 3.27. The van der Waals surface area contributed by atoms with Gasteiger partial charge in [0.05, 0.1) is 16.2 Å². The summed E-state index contributed by atoms with van der Waals surface area (Å²) >= 11 is 6.12. The Balaban J connectivity index is 1.79. The molecule has 26 heavy (non-hydrogen) atoms. The molecule has 1 aliphatic carbocycles. The van der Waals surface area contributed by atoms with Crippen molar-refractivity contribution in [1.29, 1.82) is 0 Å². The van der Waals surface area contributed by atoms with E-state index in [-0.39, 0.29) is 22.9 Å². The fraction of sp³-hybridized carbons (Fsp3) is 0.529. The number of H-pyrrole nitrogens is 1. The number of nitrogens with zero attached hydrogens (tertiary/aromatic N) is 3. The third-order valence-corrected chi connectivity index (χ3v) is 5.07. The van der Waals surface area contributed by atoms with Crippen LogP contribution in [0.5, 0.6) is 0 Å². The predicted molar refractivity (Wildman–Crippen MR) is 96.7 cm³/mol. The molecule has 2 aromatic rings. The number of carbonyl (C=O) groups excluding carboxylic acids is 1. The number of aryl methyl sites for hydroxylation is 1. The molecule has 0 spiro atoms. The molecule has 0 bridgehead atoms. The third kappa shape index (κ3) is 3.96. The zero-order chi connectivity index (χ0) is 18.7. The second-order valence-corrected chi connectivity index (χ2v) is 7.16. The maximum absolute atomic E-state index is 12.6. The van der Waals surface area contributed by atoms with Gasteiger partial charge in [-0.1, -0.05) is 37.3 Å². The summed E-state index contributed by atoms with van der Waals surface area (Å²) in [6.07, 6.45) is 6.79.